The molecule has 0 bridgehead atoms. The molecule has 0 aliphatic carbocycles. The Balaban J connectivity index is 1.31. The fourth-order valence-electron chi connectivity index (χ4n) is 3.07. The Bertz CT molecular complexity index is 1300. The van der Waals surface area contributed by atoms with Gasteiger partial charge in [0.1, 0.15) is 5.01 Å². The van der Waals surface area contributed by atoms with Gasteiger partial charge in [0, 0.05) is 21.3 Å². The monoisotopic (exact) mass is 484 g/mol. The molecular weight excluding hydrogens is 467 g/mol. The van der Waals surface area contributed by atoms with Gasteiger partial charge in [-0.3, -0.25) is 9.59 Å². The van der Waals surface area contributed by atoms with E-state index in [1.807, 2.05) is 24.3 Å². The molecule has 0 unspecified atom stereocenters. The molecule has 1 heterocycles. The number of carbonyl (C=O) groups is 2. The zero-order valence-electron chi connectivity index (χ0n) is 17.0. The average Bonchev–Trinajstić information content (AvgIpc) is 3.18. The lowest BCUT2D eigenvalue weighted by Crippen LogP contribution is -2.21. The van der Waals surface area contributed by atoms with Gasteiger partial charge in [0.15, 0.2) is 6.61 Å². The van der Waals surface area contributed by atoms with Crippen LogP contribution in [-0.4, -0.2) is 23.5 Å². The average molecular weight is 485 g/mol. The molecule has 4 aromatic rings. The molecule has 3 aromatic carbocycles. The number of amides is 1. The minimum atomic E-state index is -0.550. The lowest BCUT2D eigenvalue weighted by molar-refractivity contribution is -0.146. The van der Waals surface area contributed by atoms with E-state index in [0.29, 0.717) is 21.3 Å². The summed E-state index contributed by atoms with van der Waals surface area (Å²) in [6, 6.07) is 18.4. The third-order valence-corrected chi connectivity index (χ3v) is 6.33. The van der Waals surface area contributed by atoms with Gasteiger partial charge in [-0.05, 0) is 66.6 Å². The molecule has 162 valence electrons. The first kappa shape index (κ1) is 22.3. The summed E-state index contributed by atoms with van der Waals surface area (Å²) < 4.78 is 6.19. The van der Waals surface area contributed by atoms with E-state index in [1.54, 1.807) is 41.7 Å². The van der Waals surface area contributed by atoms with Crippen molar-refractivity contribution >= 4 is 62.3 Å². The van der Waals surface area contributed by atoms with Crippen LogP contribution in [0.2, 0.25) is 10.0 Å². The van der Waals surface area contributed by atoms with Crippen LogP contribution in [0.4, 0.5) is 5.69 Å². The summed E-state index contributed by atoms with van der Waals surface area (Å²) >= 11 is 13.5. The van der Waals surface area contributed by atoms with Crippen LogP contribution in [0.3, 0.4) is 0 Å². The summed E-state index contributed by atoms with van der Waals surface area (Å²) in [5.74, 6) is -0.977. The standard InChI is InChI=1S/C24H18Cl2N2O3S/c1-14-2-9-20-21(10-14)32-24(28-20)15-4-7-18(8-5-15)27-22(29)13-31-23(30)11-16-3-6-17(25)12-19(16)26/h2-10,12H,11,13H2,1H3,(H,27,29). The van der Waals surface area contributed by atoms with Crippen LogP contribution >= 0.6 is 34.5 Å². The number of esters is 1. The van der Waals surface area contributed by atoms with Gasteiger partial charge in [-0.15, -0.1) is 11.3 Å². The summed E-state index contributed by atoms with van der Waals surface area (Å²) in [7, 11) is 0. The van der Waals surface area contributed by atoms with Crippen molar-refractivity contribution in [3.05, 3.63) is 81.8 Å². The number of halogens is 2. The van der Waals surface area contributed by atoms with E-state index < -0.39 is 11.9 Å². The second kappa shape index (κ2) is 9.69. The Hall–Kier alpha value is -2.93. The first-order chi connectivity index (χ1) is 15.4. The summed E-state index contributed by atoms with van der Waals surface area (Å²) in [5, 5.41) is 4.49. The maximum absolute atomic E-state index is 12.1. The van der Waals surface area contributed by atoms with Crippen LogP contribution in [0, 0.1) is 6.92 Å². The molecule has 1 amide bonds. The molecular formula is C24H18Cl2N2O3S. The Morgan fingerprint density at radius 2 is 1.81 bits per heavy atom. The van der Waals surface area contributed by atoms with E-state index in [1.165, 1.54) is 5.56 Å². The molecule has 0 fully saturated rings. The molecule has 1 N–H and O–H groups in total. The second-order valence-corrected chi connectivity index (χ2v) is 9.06. The largest absolute Gasteiger partial charge is 0.455 e. The Kier molecular flexibility index (Phi) is 6.74. The quantitative estimate of drug-likeness (QED) is 0.326. The van der Waals surface area contributed by atoms with Gasteiger partial charge < -0.3 is 10.1 Å². The lowest BCUT2D eigenvalue weighted by Gasteiger charge is -2.08. The zero-order chi connectivity index (χ0) is 22.7. The number of rotatable bonds is 6. The van der Waals surface area contributed by atoms with Gasteiger partial charge in [0.25, 0.3) is 5.91 Å². The molecule has 0 spiro atoms. The number of hydrogen-bond acceptors (Lipinski definition) is 5. The number of ether oxygens (including phenoxy) is 1. The molecule has 1 aromatic heterocycles. The molecule has 0 saturated heterocycles. The molecule has 0 saturated carbocycles. The van der Waals surface area contributed by atoms with Crippen molar-refractivity contribution < 1.29 is 14.3 Å². The molecule has 0 aliphatic heterocycles. The minimum Gasteiger partial charge on any atom is -0.455 e. The Labute approximate surface area is 199 Å². The van der Waals surface area contributed by atoms with Crippen molar-refractivity contribution in [3.8, 4) is 10.6 Å². The van der Waals surface area contributed by atoms with Crippen LogP contribution < -0.4 is 5.32 Å². The maximum atomic E-state index is 12.1. The van der Waals surface area contributed by atoms with Crippen LogP contribution in [0.5, 0.6) is 0 Å². The second-order valence-electron chi connectivity index (χ2n) is 7.19. The molecule has 32 heavy (non-hydrogen) atoms. The van der Waals surface area contributed by atoms with E-state index >= 15 is 0 Å². The molecule has 0 atom stereocenters. The predicted molar refractivity (Wildman–Crippen MR) is 130 cm³/mol. The van der Waals surface area contributed by atoms with Crippen LogP contribution in [-0.2, 0) is 20.7 Å². The number of thiazole rings is 1. The van der Waals surface area contributed by atoms with Gasteiger partial charge >= 0.3 is 5.97 Å². The van der Waals surface area contributed by atoms with Crippen molar-refractivity contribution in [3.63, 3.8) is 0 Å². The topological polar surface area (TPSA) is 68.3 Å². The number of anilines is 1. The van der Waals surface area contributed by atoms with Gasteiger partial charge in [0.2, 0.25) is 0 Å². The van der Waals surface area contributed by atoms with E-state index in [0.717, 1.165) is 20.8 Å². The number of aryl methyl sites for hydroxylation is 1. The summed E-state index contributed by atoms with van der Waals surface area (Å²) in [5.41, 5.74) is 4.32. The van der Waals surface area contributed by atoms with Gasteiger partial charge in [-0.2, -0.15) is 0 Å². The third kappa shape index (κ3) is 5.46. The number of fused-ring (bicyclic) bond motifs is 1. The van der Waals surface area contributed by atoms with E-state index in [4.69, 9.17) is 27.9 Å². The van der Waals surface area contributed by atoms with Crippen LogP contribution in [0.1, 0.15) is 11.1 Å². The number of nitrogens with one attached hydrogen (secondary N) is 1. The zero-order valence-corrected chi connectivity index (χ0v) is 19.4. The minimum absolute atomic E-state index is 0.0420. The normalized spacial score (nSPS) is 10.8. The van der Waals surface area contributed by atoms with Gasteiger partial charge in [0.05, 0.1) is 16.6 Å². The van der Waals surface area contributed by atoms with E-state index in [2.05, 4.69) is 23.3 Å². The van der Waals surface area contributed by atoms with Crippen molar-refractivity contribution in [2.24, 2.45) is 0 Å². The lowest BCUT2D eigenvalue weighted by atomic mass is 10.1. The van der Waals surface area contributed by atoms with Crippen molar-refractivity contribution in [1.29, 1.82) is 0 Å². The molecule has 5 nitrogen and oxygen atoms in total. The Morgan fingerprint density at radius 3 is 2.56 bits per heavy atom. The molecule has 0 radical (unpaired) electrons. The van der Waals surface area contributed by atoms with Crippen molar-refractivity contribution in [2.45, 2.75) is 13.3 Å². The summed E-state index contributed by atoms with van der Waals surface area (Å²) in [6.07, 6.45) is -0.0420. The first-order valence-corrected chi connectivity index (χ1v) is 11.3. The van der Waals surface area contributed by atoms with Crippen LogP contribution in [0.25, 0.3) is 20.8 Å². The first-order valence-electron chi connectivity index (χ1n) is 9.74. The fraction of sp³-hybridized carbons (Fsp3) is 0.125. The highest BCUT2D eigenvalue weighted by Crippen LogP contribution is 2.31. The number of carbonyl (C=O) groups excluding carboxylic acids is 2. The Morgan fingerprint density at radius 1 is 1.03 bits per heavy atom. The highest BCUT2D eigenvalue weighted by Gasteiger charge is 2.12. The fourth-order valence-corrected chi connectivity index (χ4v) is 4.61. The predicted octanol–water partition coefficient (Wildman–Crippen LogP) is 6.30. The molecule has 4 rings (SSSR count). The van der Waals surface area contributed by atoms with Gasteiger partial charge in [-0.25, -0.2) is 4.98 Å². The SMILES string of the molecule is Cc1ccc2nc(-c3ccc(NC(=O)COC(=O)Cc4ccc(Cl)cc4Cl)cc3)sc2c1. The molecule has 8 heteroatoms. The number of benzene rings is 3. The van der Waals surface area contributed by atoms with Crippen molar-refractivity contribution in [2.75, 3.05) is 11.9 Å². The highest BCUT2D eigenvalue weighted by atomic mass is 35.5. The van der Waals surface area contributed by atoms with Crippen molar-refractivity contribution in [1.82, 2.24) is 4.98 Å². The smallest absolute Gasteiger partial charge is 0.310 e. The highest BCUT2D eigenvalue weighted by molar-refractivity contribution is 7.21. The summed E-state index contributed by atoms with van der Waals surface area (Å²) in [4.78, 5) is 28.8. The summed E-state index contributed by atoms with van der Waals surface area (Å²) in [6.45, 7) is 1.67. The van der Waals surface area contributed by atoms with E-state index in [9.17, 15) is 9.59 Å². The number of aromatic nitrogens is 1. The third-order valence-electron chi connectivity index (χ3n) is 4.67. The van der Waals surface area contributed by atoms with E-state index in [-0.39, 0.29) is 13.0 Å². The maximum Gasteiger partial charge on any atom is 0.310 e. The number of hydrogen-bond donors (Lipinski definition) is 1. The van der Waals surface area contributed by atoms with Crippen LogP contribution in [0.15, 0.2) is 60.7 Å². The molecule has 0 aliphatic rings. The number of nitrogens with zero attached hydrogens (tertiary/aromatic N) is 1. The van der Waals surface area contributed by atoms with Gasteiger partial charge in [-0.1, -0.05) is 35.3 Å².